The Hall–Kier alpha value is -2.87. The molecule has 3 aromatic heterocycles. The molecule has 0 aliphatic heterocycles. The van der Waals surface area contributed by atoms with E-state index in [4.69, 9.17) is 5.26 Å². The van der Waals surface area contributed by atoms with E-state index in [1.54, 1.807) is 6.20 Å². The van der Waals surface area contributed by atoms with Crippen molar-refractivity contribution in [3.05, 3.63) is 47.8 Å². The number of anilines is 1. The highest BCUT2D eigenvalue weighted by molar-refractivity contribution is 5.69. The van der Waals surface area contributed by atoms with E-state index in [-0.39, 0.29) is 0 Å². The van der Waals surface area contributed by atoms with Gasteiger partial charge in [-0.05, 0) is 48.1 Å². The molecule has 1 aliphatic rings. The lowest BCUT2D eigenvalue weighted by molar-refractivity contribution is 0.907. The van der Waals surface area contributed by atoms with Crippen molar-refractivity contribution < 1.29 is 0 Å². The van der Waals surface area contributed by atoms with Gasteiger partial charge in [-0.3, -0.25) is 4.98 Å². The third kappa shape index (κ3) is 2.23. The first-order chi connectivity index (χ1) is 11.2. The molecule has 0 amide bonds. The minimum Gasteiger partial charge on any atom is -0.388 e. The first-order valence-corrected chi connectivity index (χ1v) is 7.77. The van der Waals surface area contributed by atoms with Gasteiger partial charge in [-0.2, -0.15) is 10.4 Å². The number of nitrogens with one attached hydrogen (secondary N) is 1. The molecule has 114 valence electrons. The van der Waals surface area contributed by atoms with Crippen LogP contribution in [0.15, 0.2) is 36.7 Å². The second kappa shape index (κ2) is 5.10. The lowest BCUT2D eigenvalue weighted by Gasteiger charge is -2.10. The molecule has 3 heterocycles. The summed E-state index contributed by atoms with van der Waals surface area (Å²) in [5.41, 5.74) is 5.69. The zero-order valence-corrected chi connectivity index (χ0v) is 13.1. The smallest absolute Gasteiger partial charge is 0.101 e. The van der Waals surface area contributed by atoms with Crippen LogP contribution in [0.5, 0.6) is 0 Å². The van der Waals surface area contributed by atoms with Gasteiger partial charge in [-0.25, -0.2) is 4.52 Å². The minimum absolute atomic E-state index is 0.559. The molecule has 5 heteroatoms. The fraction of sp³-hybridized carbons (Fsp3) is 0.278. The number of rotatable bonds is 3. The van der Waals surface area contributed by atoms with Crippen molar-refractivity contribution >= 4 is 11.2 Å². The topological polar surface area (TPSA) is 66.0 Å². The van der Waals surface area contributed by atoms with Crippen molar-refractivity contribution in [1.82, 2.24) is 14.6 Å². The van der Waals surface area contributed by atoms with Gasteiger partial charge in [-0.1, -0.05) is 6.92 Å². The van der Waals surface area contributed by atoms with Gasteiger partial charge in [0.05, 0.1) is 28.7 Å². The molecule has 1 fully saturated rings. The number of nitrogens with zero attached hydrogens (tertiary/aromatic N) is 4. The van der Waals surface area contributed by atoms with Gasteiger partial charge in [0.2, 0.25) is 0 Å². The maximum Gasteiger partial charge on any atom is 0.101 e. The van der Waals surface area contributed by atoms with E-state index in [1.165, 1.54) is 12.0 Å². The van der Waals surface area contributed by atoms with Crippen LogP contribution >= 0.6 is 0 Å². The summed E-state index contributed by atoms with van der Waals surface area (Å²) in [6.45, 7) is 2.27. The summed E-state index contributed by atoms with van der Waals surface area (Å²) >= 11 is 0. The van der Waals surface area contributed by atoms with E-state index in [0.29, 0.717) is 11.5 Å². The number of pyridine rings is 1. The van der Waals surface area contributed by atoms with Gasteiger partial charge in [0.15, 0.2) is 0 Å². The van der Waals surface area contributed by atoms with Crippen molar-refractivity contribution in [2.75, 3.05) is 12.4 Å². The molecule has 0 saturated heterocycles. The van der Waals surface area contributed by atoms with Gasteiger partial charge < -0.3 is 5.32 Å². The summed E-state index contributed by atoms with van der Waals surface area (Å²) < 4.78 is 1.82. The lowest BCUT2D eigenvalue weighted by atomic mass is 10.1. The maximum atomic E-state index is 8.98. The van der Waals surface area contributed by atoms with E-state index in [1.807, 2.05) is 36.0 Å². The molecule has 1 N–H and O–H groups in total. The van der Waals surface area contributed by atoms with Crippen LogP contribution in [-0.2, 0) is 0 Å². The number of hydrogen-bond donors (Lipinski definition) is 1. The average molecular weight is 303 g/mol. The van der Waals surface area contributed by atoms with Crippen LogP contribution in [0.25, 0.3) is 16.9 Å². The first kappa shape index (κ1) is 13.8. The van der Waals surface area contributed by atoms with Crippen LogP contribution < -0.4 is 5.32 Å². The predicted octanol–water partition coefficient (Wildman–Crippen LogP) is 3.43. The Labute approximate surface area is 134 Å². The van der Waals surface area contributed by atoms with E-state index in [2.05, 4.69) is 34.5 Å². The molecule has 0 aromatic carbocycles. The van der Waals surface area contributed by atoms with Crippen LogP contribution in [0.3, 0.4) is 0 Å². The van der Waals surface area contributed by atoms with Gasteiger partial charge in [-0.15, -0.1) is 0 Å². The Bertz CT molecular complexity index is 934. The monoisotopic (exact) mass is 303 g/mol. The quantitative estimate of drug-likeness (QED) is 0.805. The second-order valence-electron chi connectivity index (χ2n) is 6.14. The molecule has 0 spiro atoms. The fourth-order valence-corrected chi connectivity index (χ4v) is 3.13. The fourth-order valence-electron chi connectivity index (χ4n) is 3.13. The average Bonchev–Trinajstić information content (AvgIpc) is 3.16. The zero-order valence-electron chi connectivity index (χ0n) is 13.1. The van der Waals surface area contributed by atoms with E-state index < -0.39 is 0 Å². The molecule has 3 aromatic rings. The number of nitriles is 1. The number of hydrogen-bond acceptors (Lipinski definition) is 4. The first-order valence-electron chi connectivity index (χ1n) is 7.77. The standard InChI is InChI=1S/C18H17N5/c1-11-5-14(11)15-10-21-17(7-16(15)20-2)18-4-3-13-6-12(8-19)9-22-23(13)18/h3-4,6-7,9-11,14H,5H2,1-2H3,(H,20,21). The molecule has 1 saturated carbocycles. The Morgan fingerprint density at radius 3 is 2.83 bits per heavy atom. The maximum absolute atomic E-state index is 8.98. The molecular weight excluding hydrogens is 286 g/mol. The summed E-state index contributed by atoms with van der Waals surface area (Å²) in [5, 5.41) is 16.6. The molecule has 1 aliphatic carbocycles. The predicted molar refractivity (Wildman–Crippen MR) is 89.2 cm³/mol. The zero-order chi connectivity index (χ0) is 16.0. The van der Waals surface area contributed by atoms with Crippen LogP contribution in [-0.4, -0.2) is 21.6 Å². The Balaban J connectivity index is 1.80. The summed E-state index contributed by atoms with van der Waals surface area (Å²) in [6.07, 6.45) is 4.80. The van der Waals surface area contributed by atoms with Crippen molar-refractivity contribution in [1.29, 1.82) is 5.26 Å². The highest BCUT2D eigenvalue weighted by atomic mass is 15.2. The molecule has 0 radical (unpaired) electrons. The molecule has 0 bridgehead atoms. The van der Waals surface area contributed by atoms with Crippen molar-refractivity contribution in [2.24, 2.45) is 5.92 Å². The van der Waals surface area contributed by atoms with Gasteiger partial charge >= 0.3 is 0 Å². The SMILES string of the molecule is CNc1cc(-c2ccc3cc(C#N)cnn23)ncc1C1CC1C. The number of fused-ring (bicyclic) bond motifs is 1. The normalized spacial score (nSPS) is 19.5. The van der Waals surface area contributed by atoms with Crippen LogP contribution in [0.4, 0.5) is 5.69 Å². The second-order valence-corrected chi connectivity index (χ2v) is 6.14. The highest BCUT2D eigenvalue weighted by Crippen LogP contribution is 2.49. The third-order valence-corrected chi connectivity index (χ3v) is 4.60. The summed E-state index contributed by atoms with van der Waals surface area (Å²) in [6, 6.07) is 9.98. The Kier molecular flexibility index (Phi) is 3.05. The molecule has 23 heavy (non-hydrogen) atoms. The Morgan fingerprint density at radius 1 is 1.30 bits per heavy atom. The molecule has 5 nitrogen and oxygen atoms in total. The summed E-state index contributed by atoms with van der Waals surface area (Å²) in [5.74, 6) is 1.37. The van der Waals surface area contributed by atoms with Gasteiger partial charge in [0, 0.05) is 18.9 Å². The number of aromatic nitrogens is 3. The molecule has 2 atom stereocenters. The van der Waals surface area contributed by atoms with E-state index in [9.17, 15) is 0 Å². The van der Waals surface area contributed by atoms with Crippen molar-refractivity contribution in [3.8, 4) is 17.5 Å². The highest BCUT2D eigenvalue weighted by Gasteiger charge is 2.35. The summed E-state index contributed by atoms with van der Waals surface area (Å²) in [4.78, 5) is 4.65. The van der Waals surface area contributed by atoms with Crippen LogP contribution in [0.1, 0.15) is 30.4 Å². The van der Waals surface area contributed by atoms with Gasteiger partial charge in [0.1, 0.15) is 6.07 Å². The van der Waals surface area contributed by atoms with Crippen LogP contribution in [0, 0.1) is 17.2 Å². The molecular formula is C18H17N5. The summed E-state index contributed by atoms with van der Waals surface area (Å²) in [7, 11) is 1.95. The van der Waals surface area contributed by atoms with Crippen molar-refractivity contribution in [2.45, 2.75) is 19.3 Å². The third-order valence-electron chi connectivity index (χ3n) is 4.60. The Morgan fingerprint density at radius 2 is 2.13 bits per heavy atom. The molecule has 2 unspecified atom stereocenters. The minimum atomic E-state index is 0.559. The van der Waals surface area contributed by atoms with Gasteiger partial charge in [0.25, 0.3) is 0 Å². The molecule has 4 rings (SSSR count). The van der Waals surface area contributed by atoms with Crippen molar-refractivity contribution in [3.63, 3.8) is 0 Å². The lowest BCUT2D eigenvalue weighted by Crippen LogP contribution is -2.00. The largest absolute Gasteiger partial charge is 0.388 e. The van der Waals surface area contributed by atoms with E-state index >= 15 is 0 Å². The van der Waals surface area contributed by atoms with E-state index in [0.717, 1.165) is 28.5 Å². The van der Waals surface area contributed by atoms with Crippen LogP contribution in [0.2, 0.25) is 0 Å².